The molecule has 102 valence electrons. The number of halogens is 1. The van der Waals surface area contributed by atoms with E-state index in [9.17, 15) is 13.0 Å². The fourth-order valence-electron chi connectivity index (χ4n) is 0.123. The van der Waals surface area contributed by atoms with E-state index in [0.29, 0.717) is 0 Å². The Morgan fingerprint density at radius 2 is 1.06 bits per heavy atom. The van der Waals surface area contributed by atoms with Crippen LogP contribution in [0.5, 0.6) is 0 Å². The van der Waals surface area contributed by atoms with Crippen LogP contribution in [-0.4, -0.2) is 126 Å². The molecule has 0 amide bonds. The topological polar surface area (TPSA) is 199 Å². The van der Waals surface area contributed by atoms with Gasteiger partial charge in [-0.05, 0) is 0 Å². The Kier molecular flexibility index (Phi) is 32.0. The number of rotatable bonds is 2. The second kappa shape index (κ2) is 15.3. The van der Waals surface area contributed by atoms with Crippen LogP contribution >= 0.6 is 28.1 Å². The number of phosphoric acid groups is 2. The van der Waals surface area contributed by atoms with E-state index in [1.807, 2.05) is 0 Å². The second-order valence-electron chi connectivity index (χ2n) is 1.51. The van der Waals surface area contributed by atoms with Crippen molar-refractivity contribution in [2.24, 2.45) is 0 Å². The van der Waals surface area contributed by atoms with E-state index in [0.717, 1.165) is 0 Å². The SMILES string of the molecule is Cl.O=P(O)(O)O.O=P(O)(O)OS(=O)(=O)O.[H+].[NaH].[NaH].[NaH]. The molecule has 0 aliphatic rings. The Bertz CT molecular complexity index is 350. The van der Waals surface area contributed by atoms with Crippen molar-refractivity contribution < 1.29 is 52.0 Å². The molecule has 0 aromatic carbocycles. The van der Waals surface area contributed by atoms with Gasteiger partial charge >= 0.3 is 116 Å². The molecule has 0 spiro atoms. The molecule has 0 atom stereocenters. The van der Waals surface area contributed by atoms with Crippen molar-refractivity contribution in [3.63, 3.8) is 0 Å². The first kappa shape index (κ1) is 37.6. The Balaban J connectivity index is -0.0000000261. The fourth-order valence-corrected chi connectivity index (χ4v) is 1.10. The summed E-state index contributed by atoms with van der Waals surface area (Å²) in [6.07, 6.45) is 0. The molecule has 0 saturated carbocycles. The number of hydrogen-bond acceptors (Lipinski definition) is 5. The molecule has 0 radical (unpaired) electrons. The van der Waals surface area contributed by atoms with E-state index in [2.05, 4.69) is 3.97 Å². The maximum absolute atomic E-state index is 9.58. The van der Waals surface area contributed by atoms with Crippen molar-refractivity contribution >= 4 is 127 Å². The van der Waals surface area contributed by atoms with Gasteiger partial charge in [0.1, 0.15) is 0 Å². The van der Waals surface area contributed by atoms with Crippen molar-refractivity contribution in [1.29, 1.82) is 0 Å². The summed E-state index contributed by atoms with van der Waals surface area (Å²) in [5.41, 5.74) is 0. The zero-order valence-corrected chi connectivity index (χ0v) is 9.86. The van der Waals surface area contributed by atoms with Crippen LogP contribution in [0.25, 0.3) is 0 Å². The van der Waals surface area contributed by atoms with Crippen LogP contribution in [0.3, 0.4) is 0 Å². The van der Waals surface area contributed by atoms with Crippen molar-refractivity contribution in [3.8, 4) is 0 Å². The molecular weight excluding hydrogens is 374 g/mol. The van der Waals surface area contributed by atoms with Gasteiger partial charge in [-0.3, -0.25) is 4.55 Å². The molecule has 0 fully saturated rings. The molecule has 0 aromatic rings. The Morgan fingerprint density at radius 1 is 0.889 bits per heavy atom. The molecule has 11 nitrogen and oxygen atoms in total. The van der Waals surface area contributed by atoms with Crippen molar-refractivity contribution in [2.45, 2.75) is 0 Å². The van der Waals surface area contributed by atoms with Crippen LogP contribution in [-0.2, 0) is 23.5 Å². The van der Waals surface area contributed by atoms with Gasteiger partial charge in [0.05, 0.1) is 0 Å². The minimum atomic E-state index is -5.13. The van der Waals surface area contributed by atoms with E-state index in [-0.39, 0.29) is 103 Å². The van der Waals surface area contributed by atoms with Crippen LogP contribution in [0, 0.1) is 0 Å². The maximum atomic E-state index is 9.58. The standard InChI is InChI=1S/ClH.3Na.H3O7PS.H3O4P.3H/c;;;;1-8(2,3)7-9(4,5)6;1-5(2,3)4;;;/h1H;;;;(H2,1,2,3)(H,4,5,6);(H3,1,2,3,4);;;/p+1. The summed E-state index contributed by atoms with van der Waals surface area (Å²) in [4.78, 5) is 37.0. The molecule has 18 heavy (non-hydrogen) atoms. The predicted molar refractivity (Wildman–Crippen MR) is 68.7 cm³/mol. The molecule has 0 aromatic heterocycles. The van der Waals surface area contributed by atoms with Gasteiger partial charge in [0.2, 0.25) is 0 Å². The first-order chi connectivity index (χ1) is 5.71. The van der Waals surface area contributed by atoms with E-state index in [1.165, 1.54) is 0 Å². The zero-order chi connectivity index (χ0) is 12.2. The average molecular weight is 386 g/mol. The molecular formula is H11ClNa3O11P2S+. The zero-order valence-electron chi connectivity index (χ0n) is 7.44. The third-order valence-corrected chi connectivity index (χ3v) is 1.72. The summed E-state index contributed by atoms with van der Waals surface area (Å²) < 4.78 is 47.9. The van der Waals surface area contributed by atoms with E-state index in [1.54, 1.807) is 0 Å². The molecule has 0 aliphatic heterocycles. The van der Waals surface area contributed by atoms with Crippen LogP contribution in [0.4, 0.5) is 0 Å². The van der Waals surface area contributed by atoms with Gasteiger partial charge in [-0.15, -0.1) is 16.4 Å². The summed E-state index contributed by atoms with van der Waals surface area (Å²) in [6, 6.07) is 0. The van der Waals surface area contributed by atoms with E-state index >= 15 is 0 Å². The third-order valence-electron chi connectivity index (χ3n) is 0.191. The fraction of sp³-hybridized carbons (Fsp3) is 0. The van der Waals surface area contributed by atoms with E-state index in [4.69, 9.17) is 33.6 Å². The summed E-state index contributed by atoms with van der Waals surface area (Å²) in [5.74, 6) is 0. The van der Waals surface area contributed by atoms with Crippen LogP contribution in [0.1, 0.15) is 1.43 Å². The molecule has 6 N–H and O–H groups in total. The van der Waals surface area contributed by atoms with Crippen molar-refractivity contribution in [2.75, 3.05) is 0 Å². The van der Waals surface area contributed by atoms with Gasteiger partial charge < -0.3 is 24.5 Å². The number of hydrogen-bond donors (Lipinski definition) is 6. The van der Waals surface area contributed by atoms with Crippen molar-refractivity contribution in [1.82, 2.24) is 0 Å². The van der Waals surface area contributed by atoms with Gasteiger partial charge in [0.15, 0.2) is 0 Å². The van der Waals surface area contributed by atoms with Crippen LogP contribution < -0.4 is 0 Å². The Morgan fingerprint density at radius 3 is 1.06 bits per heavy atom. The predicted octanol–water partition coefficient (Wildman–Crippen LogP) is -3.44. The first-order valence-electron chi connectivity index (χ1n) is 2.23. The molecule has 0 rings (SSSR count). The van der Waals surface area contributed by atoms with Gasteiger partial charge in [-0.25, -0.2) is 9.13 Å². The van der Waals surface area contributed by atoms with Crippen LogP contribution in [0.15, 0.2) is 0 Å². The molecule has 0 saturated heterocycles. The summed E-state index contributed by atoms with van der Waals surface area (Å²) in [6.45, 7) is 0. The second-order valence-corrected chi connectivity index (χ2v) is 4.97. The van der Waals surface area contributed by atoms with Gasteiger partial charge in [-0.2, -0.15) is 8.42 Å². The van der Waals surface area contributed by atoms with Gasteiger partial charge in [-0.1, -0.05) is 0 Å². The molecule has 18 heteroatoms. The summed E-state index contributed by atoms with van der Waals surface area (Å²) in [5, 5.41) is 0. The Labute approximate surface area is 176 Å². The molecule has 0 heterocycles. The molecule has 0 aliphatic carbocycles. The third kappa shape index (κ3) is 74.3. The van der Waals surface area contributed by atoms with Gasteiger partial charge in [0.25, 0.3) is 0 Å². The van der Waals surface area contributed by atoms with E-state index < -0.39 is 26.0 Å². The first-order valence-corrected chi connectivity index (χ1v) is 6.69. The monoisotopic (exact) mass is 385 g/mol. The molecule has 0 bridgehead atoms. The summed E-state index contributed by atoms with van der Waals surface area (Å²) in [7, 11) is -14.8. The summed E-state index contributed by atoms with van der Waals surface area (Å²) >= 11 is 0. The Hall–Kier alpha value is 3.42. The van der Waals surface area contributed by atoms with Crippen LogP contribution in [0.2, 0.25) is 0 Å². The van der Waals surface area contributed by atoms with Crippen molar-refractivity contribution in [3.05, 3.63) is 0 Å². The quantitative estimate of drug-likeness (QED) is 0.157. The molecule has 0 unspecified atom stereocenters. The average Bonchev–Trinajstić information content (AvgIpc) is 1.42. The normalized spacial score (nSPS) is 10.1. The minimum absolute atomic E-state index is 0. The van der Waals surface area contributed by atoms with Gasteiger partial charge in [0, 0.05) is 0 Å².